The molecule has 0 spiro atoms. The molecule has 0 aliphatic heterocycles. The van der Waals surface area contributed by atoms with Crippen LogP contribution in [0.25, 0.3) is 0 Å². The number of carbonyl (C=O) groups is 1. The van der Waals surface area contributed by atoms with E-state index in [-0.39, 0.29) is 10.9 Å². The van der Waals surface area contributed by atoms with Crippen LogP contribution in [0.3, 0.4) is 0 Å². The molecule has 1 heterocycles. The first kappa shape index (κ1) is 11.6. The zero-order chi connectivity index (χ0) is 11.4. The van der Waals surface area contributed by atoms with Crippen molar-refractivity contribution in [2.24, 2.45) is 11.7 Å². The van der Waals surface area contributed by atoms with Crippen LogP contribution in [0.2, 0.25) is 0 Å². The van der Waals surface area contributed by atoms with Gasteiger partial charge in [-0.05, 0) is 19.1 Å². The molecule has 0 aliphatic rings. The van der Waals surface area contributed by atoms with Gasteiger partial charge in [-0.2, -0.15) is 0 Å². The predicted octanol–water partition coefficient (Wildman–Crippen LogP) is 0.967. The molecule has 4 nitrogen and oxygen atoms in total. The number of anilines is 1. The van der Waals surface area contributed by atoms with Crippen LogP contribution in [-0.2, 0) is 4.79 Å². The molecule has 2 N–H and O–H groups in total. The summed E-state index contributed by atoms with van der Waals surface area (Å²) in [5.74, 6) is -0.563. The number of hydrogen-bond donors (Lipinski definition) is 1. The Labute approximate surface area is 94.1 Å². The van der Waals surface area contributed by atoms with E-state index >= 15 is 0 Å². The summed E-state index contributed by atoms with van der Waals surface area (Å²) < 4.78 is 0. The van der Waals surface area contributed by atoms with Crippen LogP contribution < -0.4 is 10.6 Å². The number of hydrogen-bond acceptors (Lipinski definition) is 3. The lowest BCUT2D eigenvalue weighted by Gasteiger charge is -2.20. The summed E-state index contributed by atoms with van der Waals surface area (Å²) in [5, 5.41) is 0. The Balaban J connectivity index is 2.82. The summed E-state index contributed by atoms with van der Waals surface area (Å²) in [6.45, 7) is 1.70. The summed E-state index contributed by atoms with van der Waals surface area (Å²) in [7, 11) is 1.69. The highest BCUT2D eigenvalue weighted by Gasteiger charge is 2.20. The van der Waals surface area contributed by atoms with Gasteiger partial charge in [0.05, 0.1) is 10.9 Å². The van der Waals surface area contributed by atoms with E-state index in [9.17, 15) is 4.79 Å². The average Bonchev–Trinajstić information content (AvgIpc) is 2.27. The largest absolute Gasteiger partial charge is 0.393 e. The lowest BCUT2D eigenvalue weighted by molar-refractivity contribution is -0.119. The van der Waals surface area contributed by atoms with E-state index in [0.717, 1.165) is 5.69 Å². The molecule has 1 aromatic heterocycles. The molecular formula is C10H13N3OS. The zero-order valence-corrected chi connectivity index (χ0v) is 9.49. The first-order valence-electron chi connectivity index (χ1n) is 4.51. The third-order valence-corrected chi connectivity index (χ3v) is 2.53. The van der Waals surface area contributed by atoms with Crippen molar-refractivity contribution >= 4 is 28.8 Å². The van der Waals surface area contributed by atoms with Crippen LogP contribution in [0.4, 0.5) is 5.69 Å². The monoisotopic (exact) mass is 223 g/mol. The maximum Gasteiger partial charge on any atom is 0.236 e. The van der Waals surface area contributed by atoms with Crippen molar-refractivity contribution in [2.45, 2.75) is 6.92 Å². The van der Waals surface area contributed by atoms with Gasteiger partial charge in [0.2, 0.25) is 5.91 Å². The first-order chi connectivity index (χ1) is 7.04. The second-order valence-electron chi connectivity index (χ2n) is 3.23. The van der Waals surface area contributed by atoms with E-state index in [1.165, 1.54) is 4.90 Å². The smallest absolute Gasteiger partial charge is 0.236 e. The van der Waals surface area contributed by atoms with Crippen molar-refractivity contribution in [2.75, 3.05) is 11.9 Å². The molecule has 1 aromatic rings. The highest BCUT2D eigenvalue weighted by molar-refractivity contribution is 7.80. The normalized spacial score (nSPS) is 11.9. The average molecular weight is 223 g/mol. The fourth-order valence-corrected chi connectivity index (χ4v) is 1.21. The Bertz CT molecular complexity index is 366. The van der Waals surface area contributed by atoms with Gasteiger partial charge < -0.3 is 10.6 Å². The van der Waals surface area contributed by atoms with E-state index in [4.69, 9.17) is 18.0 Å². The van der Waals surface area contributed by atoms with E-state index in [2.05, 4.69) is 4.98 Å². The highest BCUT2D eigenvalue weighted by atomic mass is 32.1. The molecule has 5 heteroatoms. The molecule has 0 radical (unpaired) electrons. The summed E-state index contributed by atoms with van der Waals surface area (Å²) in [6.07, 6.45) is 3.26. The molecule has 1 rings (SSSR count). The highest BCUT2D eigenvalue weighted by Crippen LogP contribution is 2.13. The van der Waals surface area contributed by atoms with Gasteiger partial charge in [0.15, 0.2) is 0 Å². The fourth-order valence-electron chi connectivity index (χ4n) is 1.11. The molecular weight excluding hydrogens is 210 g/mol. The maximum atomic E-state index is 11.8. The molecule has 1 amide bonds. The van der Waals surface area contributed by atoms with E-state index in [1.807, 2.05) is 0 Å². The Morgan fingerprint density at radius 1 is 1.53 bits per heavy atom. The number of nitrogens with two attached hydrogens (primary N) is 1. The van der Waals surface area contributed by atoms with Crippen molar-refractivity contribution in [3.8, 4) is 0 Å². The minimum Gasteiger partial charge on any atom is -0.393 e. The number of pyridine rings is 1. The minimum absolute atomic E-state index is 0.117. The van der Waals surface area contributed by atoms with Crippen LogP contribution in [0.15, 0.2) is 24.5 Å². The zero-order valence-electron chi connectivity index (χ0n) is 8.68. The van der Waals surface area contributed by atoms with Crippen LogP contribution in [0, 0.1) is 5.92 Å². The van der Waals surface area contributed by atoms with Crippen molar-refractivity contribution in [1.29, 1.82) is 0 Å². The minimum atomic E-state index is -0.446. The molecule has 1 atom stereocenters. The molecule has 0 aliphatic carbocycles. The Hall–Kier alpha value is -1.49. The third-order valence-electron chi connectivity index (χ3n) is 2.18. The van der Waals surface area contributed by atoms with Gasteiger partial charge >= 0.3 is 0 Å². The summed E-state index contributed by atoms with van der Waals surface area (Å²) in [6, 6.07) is 3.51. The quantitative estimate of drug-likeness (QED) is 0.776. The number of rotatable bonds is 3. The number of nitrogens with zero attached hydrogens (tertiary/aromatic N) is 2. The lowest BCUT2D eigenvalue weighted by atomic mass is 10.1. The van der Waals surface area contributed by atoms with Crippen molar-refractivity contribution in [3.05, 3.63) is 24.5 Å². The predicted molar refractivity (Wildman–Crippen MR) is 63.6 cm³/mol. The van der Waals surface area contributed by atoms with Gasteiger partial charge in [-0.1, -0.05) is 12.2 Å². The van der Waals surface area contributed by atoms with Gasteiger partial charge in [-0.15, -0.1) is 0 Å². The van der Waals surface area contributed by atoms with Crippen LogP contribution >= 0.6 is 12.2 Å². The Morgan fingerprint density at radius 2 is 2.07 bits per heavy atom. The van der Waals surface area contributed by atoms with Crippen LogP contribution in [0.5, 0.6) is 0 Å². The van der Waals surface area contributed by atoms with Gasteiger partial charge in [-0.25, -0.2) is 0 Å². The van der Waals surface area contributed by atoms with E-state index < -0.39 is 5.92 Å². The van der Waals surface area contributed by atoms with Gasteiger partial charge in [0.1, 0.15) is 0 Å². The molecule has 80 valence electrons. The Kier molecular flexibility index (Phi) is 3.74. The SMILES string of the molecule is CC(C(=O)N(C)c1ccncc1)C(N)=S. The van der Waals surface area contributed by atoms with Crippen molar-refractivity contribution in [1.82, 2.24) is 4.98 Å². The number of carbonyl (C=O) groups excluding carboxylic acids is 1. The summed E-state index contributed by atoms with van der Waals surface area (Å²) in [5.41, 5.74) is 6.20. The standard InChI is InChI=1S/C10H13N3OS/c1-7(9(11)15)10(14)13(2)8-3-5-12-6-4-8/h3-7H,1-2H3,(H2,11,15). The molecule has 0 aromatic carbocycles. The van der Waals surface area contributed by atoms with Gasteiger partial charge in [0, 0.05) is 25.1 Å². The summed E-state index contributed by atoms with van der Waals surface area (Å²) >= 11 is 4.78. The third kappa shape index (κ3) is 2.73. The second kappa shape index (κ2) is 4.84. The molecule has 15 heavy (non-hydrogen) atoms. The number of amides is 1. The lowest BCUT2D eigenvalue weighted by Crippen LogP contribution is -2.37. The van der Waals surface area contributed by atoms with E-state index in [0.29, 0.717) is 0 Å². The molecule has 0 fully saturated rings. The number of thiocarbonyl (C=S) groups is 1. The van der Waals surface area contributed by atoms with Crippen LogP contribution in [0.1, 0.15) is 6.92 Å². The molecule has 0 bridgehead atoms. The first-order valence-corrected chi connectivity index (χ1v) is 4.91. The fraction of sp³-hybridized carbons (Fsp3) is 0.300. The summed E-state index contributed by atoms with van der Waals surface area (Å²) in [4.78, 5) is 17.4. The van der Waals surface area contributed by atoms with Crippen molar-refractivity contribution < 1.29 is 4.79 Å². The van der Waals surface area contributed by atoms with Crippen LogP contribution in [-0.4, -0.2) is 22.9 Å². The van der Waals surface area contributed by atoms with Gasteiger partial charge in [0.25, 0.3) is 0 Å². The second-order valence-corrected chi connectivity index (χ2v) is 3.70. The van der Waals surface area contributed by atoms with Crippen molar-refractivity contribution in [3.63, 3.8) is 0 Å². The Morgan fingerprint density at radius 3 is 2.53 bits per heavy atom. The molecule has 0 saturated heterocycles. The molecule has 0 saturated carbocycles. The maximum absolute atomic E-state index is 11.8. The topological polar surface area (TPSA) is 59.2 Å². The number of aromatic nitrogens is 1. The van der Waals surface area contributed by atoms with E-state index in [1.54, 1.807) is 38.5 Å². The van der Waals surface area contributed by atoms with Gasteiger partial charge in [-0.3, -0.25) is 9.78 Å². The molecule has 1 unspecified atom stereocenters.